The van der Waals surface area contributed by atoms with E-state index in [0.29, 0.717) is 6.42 Å². The van der Waals surface area contributed by atoms with Crippen LogP contribution in [0.15, 0.2) is 211 Å². The zero-order valence-electron chi connectivity index (χ0n) is 29.6. The van der Waals surface area contributed by atoms with E-state index in [1.807, 2.05) is 164 Å². The highest BCUT2D eigenvalue weighted by Gasteiger charge is 2.45. The molecule has 4 nitrogen and oxygen atoms in total. The molecule has 0 aliphatic rings. The number of hydrogen-bond acceptors (Lipinski definition) is 3. The lowest BCUT2D eigenvalue weighted by atomic mass is 9.76. The van der Waals surface area contributed by atoms with Crippen LogP contribution in [-0.2, 0) is 27.1 Å². The molecular formula is C49H39BrN2O2. The molecule has 54 heavy (non-hydrogen) atoms. The van der Waals surface area contributed by atoms with Gasteiger partial charge in [-0.3, -0.25) is 10.1 Å². The molecule has 0 fully saturated rings. The summed E-state index contributed by atoms with van der Waals surface area (Å²) in [7, 11) is 0. The predicted octanol–water partition coefficient (Wildman–Crippen LogP) is 11.0. The Hall–Kier alpha value is -6.01. The number of fused-ring (bicyclic) bond motifs is 1. The smallest absolute Gasteiger partial charge is 0.325 e. The van der Waals surface area contributed by atoms with Crippen LogP contribution in [-0.4, -0.2) is 17.0 Å². The molecule has 7 aromatic carbocycles. The van der Waals surface area contributed by atoms with Gasteiger partial charge in [-0.2, -0.15) is 0 Å². The average Bonchev–Trinajstić information content (AvgIpc) is 3.67. The van der Waals surface area contributed by atoms with E-state index in [9.17, 15) is 0 Å². The van der Waals surface area contributed by atoms with Crippen LogP contribution >= 0.6 is 15.9 Å². The van der Waals surface area contributed by atoms with Gasteiger partial charge in [0.15, 0.2) is 5.60 Å². The molecule has 0 saturated carbocycles. The van der Waals surface area contributed by atoms with Crippen molar-refractivity contribution in [1.82, 2.24) is 10.3 Å². The molecule has 2 N–H and O–H groups in total. The molecule has 1 atom stereocenters. The molecule has 1 aromatic heterocycles. The van der Waals surface area contributed by atoms with Crippen molar-refractivity contribution in [2.45, 2.75) is 23.6 Å². The van der Waals surface area contributed by atoms with E-state index in [0.717, 1.165) is 54.3 Å². The summed E-state index contributed by atoms with van der Waals surface area (Å²) in [6.45, 7) is 0. The number of H-pyrrole nitrogens is 1. The van der Waals surface area contributed by atoms with Crippen LogP contribution in [0.3, 0.4) is 0 Å². The quantitative estimate of drug-likeness (QED) is 0.0962. The summed E-state index contributed by atoms with van der Waals surface area (Å²) >= 11 is 3.81. The van der Waals surface area contributed by atoms with Crippen LogP contribution in [0.1, 0.15) is 38.9 Å². The summed E-state index contributed by atoms with van der Waals surface area (Å²) in [6, 6.07) is 66.5. The average molecular weight is 768 g/mol. The molecule has 0 saturated heterocycles. The van der Waals surface area contributed by atoms with Gasteiger partial charge in [0.2, 0.25) is 0 Å². The predicted molar refractivity (Wildman–Crippen MR) is 221 cm³/mol. The Morgan fingerprint density at radius 3 is 1.33 bits per heavy atom. The van der Waals surface area contributed by atoms with Gasteiger partial charge in [0.25, 0.3) is 0 Å². The first-order valence-electron chi connectivity index (χ1n) is 18.2. The fraction of sp³-hybridized carbons (Fsp3) is 0.0816. The first-order chi connectivity index (χ1) is 26.6. The van der Waals surface area contributed by atoms with Crippen molar-refractivity contribution in [3.63, 3.8) is 0 Å². The van der Waals surface area contributed by atoms with E-state index >= 15 is 4.79 Å². The summed E-state index contributed by atoms with van der Waals surface area (Å²) in [5, 5.41) is 5.04. The van der Waals surface area contributed by atoms with E-state index in [-0.39, 0.29) is 5.97 Å². The number of carbonyl (C=O) groups is 1. The first-order valence-corrected chi connectivity index (χ1v) is 19.0. The minimum absolute atomic E-state index is 0.337. The molecule has 5 heteroatoms. The number of aromatic amines is 1. The number of ether oxygens (including phenoxy) is 1. The molecule has 1 unspecified atom stereocenters. The van der Waals surface area contributed by atoms with Crippen molar-refractivity contribution >= 4 is 32.8 Å². The Kier molecular flexibility index (Phi) is 10.1. The fourth-order valence-corrected chi connectivity index (χ4v) is 8.40. The lowest BCUT2D eigenvalue weighted by Crippen LogP contribution is -2.55. The van der Waals surface area contributed by atoms with Crippen molar-refractivity contribution in [1.29, 1.82) is 0 Å². The highest BCUT2D eigenvalue weighted by molar-refractivity contribution is 9.10. The summed E-state index contributed by atoms with van der Waals surface area (Å²) < 4.78 is 8.13. The SMILES string of the molecule is O=C(OC(c1ccccc1)(c1ccccc1)c1ccccc1)C(Cc1c[nH]c2cccc(Br)c12)NC(c1ccccc1)(c1ccccc1)c1ccccc1. The number of rotatable bonds is 12. The van der Waals surface area contributed by atoms with Gasteiger partial charge in [-0.05, 0) is 34.4 Å². The van der Waals surface area contributed by atoms with Crippen LogP contribution in [0.2, 0.25) is 0 Å². The second kappa shape index (κ2) is 15.5. The van der Waals surface area contributed by atoms with Crippen molar-refractivity contribution in [3.8, 4) is 0 Å². The van der Waals surface area contributed by atoms with Crippen molar-refractivity contribution in [3.05, 3.63) is 250 Å². The molecule has 0 aliphatic carbocycles. The van der Waals surface area contributed by atoms with Gasteiger partial charge in [-0.1, -0.05) is 204 Å². The molecule has 0 bridgehead atoms. The van der Waals surface area contributed by atoms with E-state index in [2.05, 4.69) is 68.7 Å². The van der Waals surface area contributed by atoms with Crippen molar-refractivity contribution in [2.75, 3.05) is 0 Å². The zero-order chi connectivity index (χ0) is 36.8. The molecule has 0 aliphatic heterocycles. The summed E-state index contributed by atoms with van der Waals surface area (Å²) in [6.07, 6.45) is 2.34. The topological polar surface area (TPSA) is 54.1 Å². The minimum Gasteiger partial charge on any atom is -0.443 e. The number of nitrogens with one attached hydrogen (secondary N) is 2. The van der Waals surface area contributed by atoms with Gasteiger partial charge in [-0.15, -0.1) is 0 Å². The number of benzene rings is 7. The van der Waals surface area contributed by atoms with Crippen LogP contribution in [0.25, 0.3) is 10.9 Å². The molecule has 8 rings (SSSR count). The Bertz CT molecular complexity index is 2240. The van der Waals surface area contributed by atoms with Crippen molar-refractivity contribution < 1.29 is 9.53 Å². The maximum absolute atomic E-state index is 15.7. The second-order valence-corrected chi connectivity index (χ2v) is 14.3. The fourth-order valence-electron chi connectivity index (χ4n) is 7.78. The largest absolute Gasteiger partial charge is 0.443 e. The van der Waals surface area contributed by atoms with Gasteiger partial charge in [-0.25, -0.2) is 0 Å². The second-order valence-electron chi connectivity index (χ2n) is 13.4. The van der Waals surface area contributed by atoms with Gasteiger partial charge in [0.1, 0.15) is 6.04 Å². The molecule has 0 spiro atoms. The number of aromatic nitrogens is 1. The lowest BCUT2D eigenvalue weighted by molar-refractivity contribution is -0.156. The van der Waals surface area contributed by atoms with E-state index in [4.69, 9.17) is 4.74 Å². The number of esters is 1. The van der Waals surface area contributed by atoms with Gasteiger partial charge >= 0.3 is 5.97 Å². The van der Waals surface area contributed by atoms with Gasteiger partial charge < -0.3 is 9.72 Å². The molecular weight excluding hydrogens is 728 g/mol. The number of halogens is 1. The highest BCUT2D eigenvalue weighted by atomic mass is 79.9. The van der Waals surface area contributed by atoms with Crippen LogP contribution in [0, 0.1) is 0 Å². The Balaban J connectivity index is 1.36. The van der Waals surface area contributed by atoms with Crippen LogP contribution < -0.4 is 5.32 Å². The molecule has 264 valence electrons. The Morgan fingerprint density at radius 2 is 0.926 bits per heavy atom. The van der Waals surface area contributed by atoms with E-state index < -0.39 is 17.2 Å². The van der Waals surface area contributed by atoms with Gasteiger partial charge in [0.05, 0.1) is 5.54 Å². The monoisotopic (exact) mass is 766 g/mol. The first kappa shape index (κ1) is 35.0. The van der Waals surface area contributed by atoms with Crippen LogP contribution in [0.4, 0.5) is 0 Å². The normalized spacial score (nSPS) is 12.3. The maximum atomic E-state index is 15.7. The lowest BCUT2D eigenvalue weighted by Gasteiger charge is -2.41. The van der Waals surface area contributed by atoms with Crippen molar-refractivity contribution in [2.24, 2.45) is 0 Å². The van der Waals surface area contributed by atoms with E-state index in [1.165, 1.54) is 0 Å². The van der Waals surface area contributed by atoms with E-state index in [1.54, 1.807) is 0 Å². The van der Waals surface area contributed by atoms with Gasteiger partial charge in [0, 0.05) is 44.7 Å². The molecule has 0 amide bonds. The molecule has 1 heterocycles. The molecule has 8 aromatic rings. The maximum Gasteiger partial charge on any atom is 0.325 e. The number of hydrogen-bond donors (Lipinski definition) is 2. The summed E-state index contributed by atoms with van der Waals surface area (Å²) in [5.74, 6) is -0.389. The third-order valence-corrected chi connectivity index (χ3v) is 10.9. The Morgan fingerprint density at radius 1 is 0.537 bits per heavy atom. The van der Waals surface area contributed by atoms with Crippen LogP contribution in [0.5, 0.6) is 0 Å². The summed E-state index contributed by atoms with van der Waals surface area (Å²) in [5.41, 5.74) is 5.34. The third-order valence-electron chi connectivity index (χ3n) is 10.3. The highest BCUT2D eigenvalue weighted by Crippen LogP contribution is 2.43. The number of carbonyl (C=O) groups excluding carboxylic acids is 1. The standard InChI is InChI=1S/C49H39BrN2O2/c50-43-32-19-33-44-46(43)36(35-51-44)34-45(52-48(37-20-7-1-8-21-37,38-22-9-2-10-23-38)39-24-11-3-12-25-39)47(53)54-49(40-26-13-4-14-27-40,41-28-15-5-16-29-41)42-30-17-6-18-31-42/h1-33,35,45,51-52H,34H2. The molecule has 0 radical (unpaired) electrons. The Labute approximate surface area is 324 Å². The third kappa shape index (κ3) is 6.57. The summed E-state index contributed by atoms with van der Waals surface area (Å²) in [4.78, 5) is 19.1. The zero-order valence-corrected chi connectivity index (χ0v) is 31.2. The minimum atomic E-state index is -1.25.